The first kappa shape index (κ1) is 8.61. The Hall–Kier alpha value is -2.49. The summed E-state index contributed by atoms with van der Waals surface area (Å²) in [5, 5.41) is 20.5. The quantitative estimate of drug-likeness (QED) is 0.366. The summed E-state index contributed by atoms with van der Waals surface area (Å²) in [6.07, 6.45) is 0. The molecule has 1 aromatic rings. The van der Waals surface area contributed by atoms with Crippen LogP contribution in [0.1, 0.15) is 11.1 Å². The molecular weight excluding hydrogens is 166 g/mol. The van der Waals surface area contributed by atoms with Crippen LogP contribution in [0.3, 0.4) is 0 Å². The first-order valence-corrected chi connectivity index (χ1v) is 3.31. The Bertz CT molecular complexity index is 424. The molecule has 0 aromatic heterocycles. The van der Waals surface area contributed by atoms with Crippen molar-refractivity contribution in [2.75, 3.05) is 0 Å². The molecular formula is C8H3N5. The minimum absolute atomic E-state index is 0.0926. The summed E-state index contributed by atoms with van der Waals surface area (Å²) in [7, 11) is 0. The lowest BCUT2D eigenvalue weighted by Gasteiger charge is -1.96. The maximum atomic E-state index is 8.62. The lowest BCUT2D eigenvalue weighted by Crippen LogP contribution is -1.80. The van der Waals surface area contributed by atoms with Crippen LogP contribution in [0, 0.1) is 22.7 Å². The third-order valence-electron chi connectivity index (χ3n) is 1.42. The predicted octanol–water partition coefficient (Wildman–Crippen LogP) is 2.37. The normalized spacial score (nSPS) is 7.85. The largest absolute Gasteiger partial charge is 0.192 e. The van der Waals surface area contributed by atoms with Crippen LogP contribution in [-0.2, 0) is 0 Å². The van der Waals surface area contributed by atoms with Gasteiger partial charge in [0.05, 0.1) is 29.0 Å². The molecule has 13 heavy (non-hydrogen) atoms. The van der Waals surface area contributed by atoms with Gasteiger partial charge in [-0.2, -0.15) is 10.5 Å². The Morgan fingerprint density at radius 3 is 2.15 bits per heavy atom. The minimum Gasteiger partial charge on any atom is -0.192 e. The van der Waals surface area contributed by atoms with Crippen molar-refractivity contribution in [3.8, 4) is 12.1 Å². The monoisotopic (exact) mass is 169 g/mol. The highest BCUT2D eigenvalue weighted by Crippen LogP contribution is 2.23. The topological polar surface area (TPSA) is 96.3 Å². The highest BCUT2D eigenvalue weighted by molar-refractivity contribution is 5.62. The molecule has 0 amide bonds. The van der Waals surface area contributed by atoms with E-state index in [1.54, 1.807) is 6.07 Å². The van der Waals surface area contributed by atoms with E-state index in [0.29, 0.717) is 0 Å². The molecule has 0 radical (unpaired) electrons. The van der Waals surface area contributed by atoms with Crippen LogP contribution >= 0.6 is 0 Å². The molecule has 0 heterocycles. The van der Waals surface area contributed by atoms with Crippen LogP contribution in [0.4, 0.5) is 5.69 Å². The van der Waals surface area contributed by atoms with Crippen molar-refractivity contribution in [2.24, 2.45) is 5.11 Å². The van der Waals surface area contributed by atoms with Gasteiger partial charge in [-0.15, -0.1) is 0 Å². The Morgan fingerprint density at radius 1 is 1.23 bits per heavy atom. The van der Waals surface area contributed by atoms with Gasteiger partial charge in [0.15, 0.2) is 0 Å². The smallest absolute Gasteiger partial charge is 0.0996 e. The third-order valence-corrected chi connectivity index (χ3v) is 1.42. The van der Waals surface area contributed by atoms with Crippen LogP contribution < -0.4 is 0 Å². The molecule has 60 valence electrons. The summed E-state index contributed by atoms with van der Waals surface area (Å²) in [5.41, 5.74) is 8.70. The van der Waals surface area contributed by atoms with Crippen molar-refractivity contribution >= 4 is 5.69 Å². The van der Waals surface area contributed by atoms with E-state index in [2.05, 4.69) is 10.0 Å². The Kier molecular flexibility index (Phi) is 2.50. The van der Waals surface area contributed by atoms with Crippen molar-refractivity contribution in [1.82, 2.24) is 0 Å². The second-order valence-corrected chi connectivity index (χ2v) is 2.11. The molecule has 1 rings (SSSR count). The fourth-order valence-corrected chi connectivity index (χ4v) is 0.876. The van der Waals surface area contributed by atoms with Gasteiger partial charge in [-0.05, 0) is 17.7 Å². The molecule has 5 nitrogen and oxygen atoms in total. The van der Waals surface area contributed by atoms with Gasteiger partial charge >= 0.3 is 0 Å². The molecule has 0 aliphatic carbocycles. The second kappa shape index (κ2) is 3.77. The van der Waals surface area contributed by atoms with Gasteiger partial charge in [-0.1, -0.05) is 11.2 Å². The van der Waals surface area contributed by atoms with E-state index in [-0.39, 0.29) is 16.8 Å². The van der Waals surface area contributed by atoms with E-state index in [1.165, 1.54) is 12.1 Å². The van der Waals surface area contributed by atoms with E-state index in [4.69, 9.17) is 16.1 Å². The van der Waals surface area contributed by atoms with Crippen LogP contribution in [0.25, 0.3) is 10.4 Å². The van der Waals surface area contributed by atoms with Gasteiger partial charge in [0.25, 0.3) is 0 Å². The van der Waals surface area contributed by atoms with Gasteiger partial charge in [0, 0.05) is 4.91 Å². The molecule has 0 aliphatic rings. The zero-order chi connectivity index (χ0) is 9.68. The van der Waals surface area contributed by atoms with Gasteiger partial charge in [0.1, 0.15) is 0 Å². The molecule has 0 fully saturated rings. The molecule has 5 heteroatoms. The van der Waals surface area contributed by atoms with Crippen LogP contribution in [0.5, 0.6) is 0 Å². The molecule has 0 bridgehead atoms. The highest BCUT2D eigenvalue weighted by atomic mass is 15.1. The first-order chi connectivity index (χ1) is 6.33. The fraction of sp³-hybridized carbons (Fsp3) is 0. The standard InChI is InChI=1S/C8H3N5/c9-4-6-2-1-3-7(5-10)8(6)12-13-11/h1-3H. The summed E-state index contributed by atoms with van der Waals surface area (Å²) in [5.74, 6) is 0. The number of hydrogen-bond acceptors (Lipinski definition) is 3. The van der Waals surface area contributed by atoms with Gasteiger partial charge in [0.2, 0.25) is 0 Å². The fourth-order valence-electron chi connectivity index (χ4n) is 0.876. The van der Waals surface area contributed by atoms with Gasteiger partial charge in [-0.3, -0.25) is 0 Å². The van der Waals surface area contributed by atoms with E-state index in [9.17, 15) is 0 Å². The van der Waals surface area contributed by atoms with Crippen molar-refractivity contribution in [3.63, 3.8) is 0 Å². The molecule has 0 N–H and O–H groups in total. The van der Waals surface area contributed by atoms with Crippen molar-refractivity contribution in [2.45, 2.75) is 0 Å². The van der Waals surface area contributed by atoms with E-state index >= 15 is 0 Å². The van der Waals surface area contributed by atoms with Crippen LogP contribution in [0.2, 0.25) is 0 Å². The number of azide groups is 1. The van der Waals surface area contributed by atoms with Gasteiger partial charge in [-0.25, -0.2) is 0 Å². The SMILES string of the molecule is N#Cc1cccc(C#N)c1N=[N+]=[N-]. The lowest BCUT2D eigenvalue weighted by atomic mass is 10.1. The highest BCUT2D eigenvalue weighted by Gasteiger charge is 2.04. The predicted molar refractivity (Wildman–Crippen MR) is 44.7 cm³/mol. The molecule has 0 aliphatic heterocycles. The van der Waals surface area contributed by atoms with Gasteiger partial charge < -0.3 is 0 Å². The second-order valence-electron chi connectivity index (χ2n) is 2.11. The molecule has 0 unspecified atom stereocenters. The van der Waals surface area contributed by atoms with Crippen molar-refractivity contribution in [3.05, 3.63) is 39.8 Å². The summed E-state index contributed by atoms with van der Waals surface area (Å²) >= 11 is 0. The molecule has 0 spiro atoms. The zero-order valence-corrected chi connectivity index (χ0v) is 6.47. The maximum absolute atomic E-state index is 8.62. The molecule has 0 atom stereocenters. The van der Waals surface area contributed by atoms with Crippen LogP contribution in [-0.4, -0.2) is 0 Å². The number of nitrogens with zero attached hydrogens (tertiary/aromatic N) is 5. The summed E-state index contributed by atoms with van der Waals surface area (Å²) in [6.45, 7) is 0. The maximum Gasteiger partial charge on any atom is 0.0996 e. The summed E-state index contributed by atoms with van der Waals surface area (Å²) in [6, 6.07) is 8.22. The number of nitriles is 2. The average molecular weight is 169 g/mol. The Balaban J connectivity index is 3.51. The van der Waals surface area contributed by atoms with Crippen molar-refractivity contribution in [1.29, 1.82) is 10.5 Å². The Morgan fingerprint density at radius 2 is 1.77 bits per heavy atom. The number of rotatable bonds is 1. The van der Waals surface area contributed by atoms with E-state index in [0.717, 1.165) is 0 Å². The lowest BCUT2D eigenvalue weighted by molar-refractivity contribution is 1.38. The zero-order valence-electron chi connectivity index (χ0n) is 6.47. The number of hydrogen-bond donors (Lipinski definition) is 0. The van der Waals surface area contributed by atoms with E-state index < -0.39 is 0 Å². The summed E-state index contributed by atoms with van der Waals surface area (Å²) < 4.78 is 0. The first-order valence-electron chi connectivity index (χ1n) is 3.31. The molecule has 1 aromatic carbocycles. The summed E-state index contributed by atoms with van der Waals surface area (Å²) in [4.78, 5) is 2.55. The molecule has 0 saturated carbocycles. The Labute approximate surface area is 74.1 Å². The molecule has 0 saturated heterocycles. The minimum atomic E-state index is 0.0926. The number of benzene rings is 1. The third kappa shape index (κ3) is 1.57. The van der Waals surface area contributed by atoms with Crippen LogP contribution in [0.15, 0.2) is 23.3 Å². The van der Waals surface area contributed by atoms with Crippen molar-refractivity contribution < 1.29 is 0 Å². The van der Waals surface area contributed by atoms with E-state index in [1.807, 2.05) is 12.1 Å². The average Bonchev–Trinajstić information content (AvgIpc) is 2.18.